The molecule has 6 heteroatoms. The number of H-pyrrole nitrogens is 1. The van der Waals surface area contributed by atoms with Crippen molar-refractivity contribution in [2.24, 2.45) is 0 Å². The topological polar surface area (TPSA) is 85.2 Å². The molecule has 2 aliphatic rings. The van der Waals surface area contributed by atoms with Gasteiger partial charge in [-0.05, 0) is 12.1 Å². The molecular formula is C12H8N2O4. The molecule has 0 spiro atoms. The van der Waals surface area contributed by atoms with Crippen molar-refractivity contribution in [1.82, 2.24) is 9.97 Å². The van der Waals surface area contributed by atoms with Gasteiger partial charge in [0, 0.05) is 5.39 Å². The number of benzene rings is 1. The number of fused-ring (bicyclic) bond motifs is 2. The molecule has 0 saturated carbocycles. The molecule has 2 heterocycles. The predicted octanol–water partition coefficient (Wildman–Crippen LogP) is 0.990. The first-order valence-corrected chi connectivity index (χ1v) is 5.20. The minimum absolute atomic E-state index is 0.000694. The van der Waals surface area contributed by atoms with E-state index in [4.69, 9.17) is 9.15 Å². The molecule has 0 unspecified atom stereocenters. The van der Waals surface area contributed by atoms with Crippen LogP contribution in [0, 0.1) is 0 Å². The summed E-state index contributed by atoms with van der Waals surface area (Å²) in [6, 6.07) is 6.91. The van der Waals surface area contributed by atoms with Crippen molar-refractivity contribution >= 4 is 11.0 Å². The van der Waals surface area contributed by atoms with E-state index in [9.17, 15) is 9.59 Å². The molecule has 1 aromatic carbocycles. The molecule has 0 atom stereocenters. The minimum Gasteiger partial charge on any atom is -0.493 e. The fourth-order valence-corrected chi connectivity index (χ4v) is 1.82. The quantitative estimate of drug-likeness (QED) is 0.645. The lowest BCUT2D eigenvalue weighted by atomic mass is 10.1. The fourth-order valence-electron chi connectivity index (χ4n) is 1.82. The molecule has 6 nitrogen and oxygen atoms in total. The van der Waals surface area contributed by atoms with Crippen LogP contribution in [0.15, 0.2) is 38.3 Å². The second-order valence-electron chi connectivity index (χ2n) is 3.71. The van der Waals surface area contributed by atoms with E-state index in [-0.39, 0.29) is 11.5 Å². The molecule has 90 valence electrons. The van der Waals surface area contributed by atoms with Crippen molar-refractivity contribution < 1.29 is 9.15 Å². The van der Waals surface area contributed by atoms with Gasteiger partial charge in [0.15, 0.2) is 11.3 Å². The van der Waals surface area contributed by atoms with Crippen LogP contribution in [-0.4, -0.2) is 17.1 Å². The van der Waals surface area contributed by atoms with Crippen molar-refractivity contribution in [2.45, 2.75) is 0 Å². The van der Waals surface area contributed by atoms with Crippen LogP contribution in [0.25, 0.3) is 22.4 Å². The van der Waals surface area contributed by atoms with Gasteiger partial charge >= 0.3 is 5.69 Å². The summed E-state index contributed by atoms with van der Waals surface area (Å²) in [6.07, 6.45) is 0. The van der Waals surface area contributed by atoms with E-state index in [1.165, 1.54) is 7.11 Å². The average molecular weight is 244 g/mol. The van der Waals surface area contributed by atoms with E-state index >= 15 is 0 Å². The highest BCUT2D eigenvalue weighted by atomic mass is 16.5. The Morgan fingerprint density at radius 1 is 1.33 bits per heavy atom. The number of methoxy groups -OCH3 is 1. The molecule has 1 N–H and O–H groups in total. The van der Waals surface area contributed by atoms with Gasteiger partial charge < -0.3 is 9.15 Å². The standard InChI is InChI=1S/C12H8N2O4/c1-17-8-4-2-3-6-5-7-10(15)13-12(16)14-11(7)18-9(6)8/h2-5H,1H3,(H,13,15,16). The zero-order valence-electron chi connectivity index (χ0n) is 9.39. The van der Waals surface area contributed by atoms with E-state index in [1.807, 2.05) is 0 Å². The molecule has 0 bridgehead atoms. The van der Waals surface area contributed by atoms with Gasteiger partial charge in [-0.1, -0.05) is 12.1 Å². The summed E-state index contributed by atoms with van der Waals surface area (Å²) in [7, 11) is 1.51. The maximum atomic E-state index is 11.6. The highest BCUT2D eigenvalue weighted by molar-refractivity contribution is 5.86. The van der Waals surface area contributed by atoms with E-state index in [1.54, 1.807) is 24.3 Å². The average Bonchev–Trinajstić information content (AvgIpc) is 2.36. The van der Waals surface area contributed by atoms with Crippen molar-refractivity contribution in [3.05, 3.63) is 45.1 Å². The Hall–Kier alpha value is -2.63. The molecule has 3 rings (SSSR count). The van der Waals surface area contributed by atoms with Gasteiger partial charge in [-0.2, -0.15) is 4.98 Å². The third-order valence-electron chi connectivity index (χ3n) is 2.63. The summed E-state index contributed by atoms with van der Waals surface area (Å²) in [5.41, 5.74) is -0.565. The molecule has 0 aromatic heterocycles. The van der Waals surface area contributed by atoms with E-state index < -0.39 is 11.2 Å². The van der Waals surface area contributed by atoms with Crippen LogP contribution < -0.4 is 16.0 Å². The van der Waals surface area contributed by atoms with E-state index in [0.29, 0.717) is 16.7 Å². The highest BCUT2D eigenvalue weighted by Crippen LogP contribution is 2.29. The fraction of sp³-hybridized carbons (Fsp3) is 0.0833. The van der Waals surface area contributed by atoms with Crippen LogP contribution in [0.3, 0.4) is 0 Å². The Labute approximate surface area is 100 Å². The van der Waals surface area contributed by atoms with E-state index in [2.05, 4.69) is 9.97 Å². The van der Waals surface area contributed by atoms with Crippen LogP contribution in [-0.2, 0) is 0 Å². The Balaban J connectivity index is 2.52. The molecule has 0 fully saturated rings. The number of hydrogen-bond donors (Lipinski definition) is 1. The SMILES string of the molecule is COc1cccc2cc3c(=O)[nH]c(=O)nc-3oc12. The van der Waals surface area contributed by atoms with Gasteiger partial charge in [-0.25, -0.2) is 4.79 Å². The van der Waals surface area contributed by atoms with Gasteiger partial charge in [0.2, 0.25) is 5.89 Å². The van der Waals surface area contributed by atoms with Gasteiger partial charge in [-0.15, -0.1) is 0 Å². The molecule has 0 radical (unpaired) electrons. The Morgan fingerprint density at radius 3 is 2.94 bits per heavy atom. The zero-order valence-corrected chi connectivity index (χ0v) is 9.39. The molecule has 18 heavy (non-hydrogen) atoms. The van der Waals surface area contributed by atoms with Gasteiger partial charge in [0.1, 0.15) is 5.56 Å². The highest BCUT2D eigenvalue weighted by Gasteiger charge is 2.15. The first kappa shape index (κ1) is 10.5. The molecule has 1 aromatic rings. The first-order valence-electron chi connectivity index (χ1n) is 5.20. The third-order valence-corrected chi connectivity index (χ3v) is 2.63. The van der Waals surface area contributed by atoms with Gasteiger partial charge in [0.25, 0.3) is 5.56 Å². The molecule has 0 amide bonds. The van der Waals surface area contributed by atoms with Gasteiger partial charge in [-0.3, -0.25) is 9.78 Å². The number of hydrogen-bond acceptors (Lipinski definition) is 5. The van der Waals surface area contributed by atoms with Crippen molar-refractivity contribution in [3.63, 3.8) is 0 Å². The van der Waals surface area contributed by atoms with Crippen molar-refractivity contribution in [3.8, 4) is 17.2 Å². The molecule has 0 aliphatic carbocycles. The summed E-state index contributed by atoms with van der Waals surface area (Å²) in [5.74, 6) is 0.518. The zero-order chi connectivity index (χ0) is 12.7. The van der Waals surface area contributed by atoms with Crippen LogP contribution in [0.4, 0.5) is 0 Å². The summed E-state index contributed by atoms with van der Waals surface area (Å²) in [4.78, 5) is 28.5. The van der Waals surface area contributed by atoms with Crippen LogP contribution in [0.5, 0.6) is 5.75 Å². The van der Waals surface area contributed by atoms with Crippen molar-refractivity contribution in [2.75, 3.05) is 7.11 Å². The number of rotatable bonds is 1. The lowest BCUT2D eigenvalue weighted by Gasteiger charge is -2.07. The molecule has 0 saturated heterocycles. The van der Waals surface area contributed by atoms with Gasteiger partial charge in [0.05, 0.1) is 7.11 Å². The number of aromatic nitrogens is 2. The molecular weight excluding hydrogens is 236 g/mol. The maximum absolute atomic E-state index is 11.6. The first-order chi connectivity index (χ1) is 8.69. The molecule has 2 aliphatic heterocycles. The number of nitrogens with one attached hydrogen (secondary N) is 1. The summed E-state index contributed by atoms with van der Waals surface area (Å²) in [6.45, 7) is 0. The van der Waals surface area contributed by atoms with Crippen molar-refractivity contribution in [1.29, 1.82) is 0 Å². The maximum Gasteiger partial charge on any atom is 0.351 e. The number of para-hydroxylation sites is 1. The second-order valence-corrected chi connectivity index (χ2v) is 3.71. The van der Waals surface area contributed by atoms with Crippen LogP contribution in [0.1, 0.15) is 0 Å². The number of aromatic amines is 1. The normalized spacial score (nSPS) is 10.9. The number of nitrogens with zero attached hydrogens (tertiary/aromatic N) is 1. The summed E-state index contributed by atoms with van der Waals surface area (Å²) < 4.78 is 10.6. The second kappa shape index (κ2) is 3.69. The summed E-state index contributed by atoms with van der Waals surface area (Å²) >= 11 is 0. The Bertz CT molecular complexity index is 818. The lowest BCUT2D eigenvalue weighted by Crippen LogP contribution is -2.24. The third kappa shape index (κ3) is 1.46. The number of ether oxygens (including phenoxy) is 1. The lowest BCUT2D eigenvalue weighted by molar-refractivity contribution is 0.409. The smallest absolute Gasteiger partial charge is 0.351 e. The monoisotopic (exact) mass is 244 g/mol. The summed E-state index contributed by atoms with van der Waals surface area (Å²) in [5, 5.41) is 0.702. The Kier molecular flexibility index (Phi) is 2.16. The predicted molar refractivity (Wildman–Crippen MR) is 64.1 cm³/mol. The van der Waals surface area contributed by atoms with E-state index in [0.717, 1.165) is 0 Å². The largest absolute Gasteiger partial charge is 0.493 e. The van der Waals surface area contributed by atoms with Crippen LogP contribution in [0.2, 0.25) is 0 Å². The minimum atomic E-state index is -0.731. The van der Waals surface area contributed by atoms with Crippen LogP contribution >= 0.6 is 0 Å². The Morgan fingerprint density at radius 2 is 2.17 bits per heavy atom.